The molecular formula is C12H17N3O. The molecule has 0 saturated carbocycles. The summed E-state index contributed by atoms with van der Waals surface area (Å²) < 4.78 is 5.39. The zero-order chi connectivity index (χ0) is 12.0. The van der Waals surface area contributed by atoms with Crippen molar-refractivity contribution in [1.82, 2.24) is 0 Å². The molecular weight excluding hydrogens is 202 g/mol. The van der Waals surface area contributed by atoms with Crippen LogP contribution in [0.5, 0.6) is 0 Å². The van der Waals surface area contributed by atoms with Crippen LogP contribution in [0.3, 0.4) is 0 Å². The van der Waals surface area contributed by atoms with Gasteiger partial charge >= 0.3 is 0 Å². The van der Waals surface area contributed by atoms with Crippen molar-refractivity contribution in [2.75, 3.05) is 24.2 Å². The van der Waals surface area contributed by atoms with Gasteiger partial charge < -0.3 is 15.8 Å². The van der Waals surface area contributed by atoms with Crippen LogP contribution in [0.2, 0.25) is 0 Å². The Hall–Kier alpha value is -1.73. The molecule has 0 amide bonds. The van der Waals surface area contributed by atoms with Crippen LogP contribution in [0.15, 0.2) is 18.2 Å². The van der Waals surface area contributed by atoms with Crippen LogP contribution in [0.1, 0.15) is 19.4 Å². The number of nitriles is 1. The van der Waals surface area contributed by atoms with Crippen molar-refractivity contribution >= 4 is 11.4 Å². The van der Waals surface area contributed by atoms with E-state index in [2.05, 4.69) is 5.32 Å². The van der Waals surface area contributed by atoms with Crippen molar-refractivity contribution in [3.63, 3.8) is 0 Å². The molecule has 0 aliphatic rings. The standard InChI is InChI=1S/C12H17N3O/c1-3-16-9(2)8-15-12-5-4-10(7-13)6-11(12)14/h4-6,9,15H,3,8,14H2,1-2H3. The highest BCUT2D eigenvalue weighted by atomic mass is 16.5. The van der Waals surface area contributed by atoms with Crippen molar-refractivity contribution < 1.29 is 4.74 Å². The van der Waals surface area contributed by atoms with Gasteiger partial charge in [-0.05, 0) is 32.0 Å². The molecule has 1 aromatic carbocycles. The lowest BCUT2D eigenvalue weighted by molar-refractivity contribution is 0.0855. The Labute approximate surface area is 96.0 Å². The highest BCUT2D eigenvalue weighted by Crippen LogP contribution is 2.19. The summed E-state index contributed by atoms with van der Waals surface area (Å²) in [6, 6.07) is 7.26. The molecule has 1 unspecified atom stereocenters. The molecule has 1 aromatic rings. The fourth-order valence-electron chi connectivity index (χ4n) is 1.39. The van der Waals surface area contributed by atoms with Gasteiger partial charge in [-0.25, -0.2) is 0 Å². The van der Waals surface area contributed by atoms with E-state index in [0.29, 0.717) is 24.4 Å². The maximum Gasteiger partial charge on any atom is 0.0992 e. The molecule has 0 saturated heterocycles. The third-order valence-electron chi connectivity index (χ3n) is 2.21. The third-order valence-corrected chi connectivity index (χ3v) is 2.21. The number of benzene rings is 1. The molecule has 0 heterocycles. The summed E-state index contributed by atoms with van der Waals surface area (Å²) in [6.07, 6.45) is 0.139. The molecule has 1 atom stereocenters. The molecule has 0 aromatic heterocycles. The Morgan fingerprint density at radius 2 is 2.31 bits per heavy atom. The molecule has 0 aliphatic carbocycles. The van der Waals surface area contributed by atoms with Gasteiger partial charge in [0.2, 0.25) is 0 Å². The van der Waals surface area contributed by atoms with E-state index in [4.69, 9.17) is 15.7 Å². The number of rotatable bonds is 5. The van der Waals surface area contributed by atoms with E-state index in [-0.39, 0.29) is 6.10 Å². The first-order valence-corrected chi connectivity index (χ1v) is 5.32. The van der Waals surface area contributed by atoms with Crippen molar-refractivity contribution in [3.05, 3.63) is 23.8 Å². The number of nitrogens with zero attached hydrogens (tertiary/aromatic N) is 1. The first-order valence-electron chi connectivity index (χ1n) is 5.32. The average molecular weight is 219 g/mol. The van der Waals surface area contributed by atoms with E-state index < -0.39 is 0 Å². The molecule has 86 valence electrons. The molecule has 3 N–H and O–H groups in total. The average Bonchev–Trinajstić information content (AvgIpc) is 2.27. The number of hydrogen-bond donors (Lipinski definition) is 2. The highest BCUT2D eigenvalue weighted by molar-refractivity contribution is 5.68. The summed E-state index contributed by atoms with van der Waals surface area (Å²) in [6.45, 7) is 5.36. The van der Waals surface area contributed by atoms with Crippen molar-refractivity contribution in [1.29, 1.82) is 5.26 Å². The number of hydrogen-bond acceptors (Lipinski definition) is 4. The smallest absolute Gasteiger partial charge is 0.0992 e. The minimum absolute atomic E-state index is 0.139. The second-order valence-corrected chi connectivity index (χ2v) is 3.56. The summed E-state index contributed by atoms with van der Waals surface area (Å²) in [5, 5.41) is 11.9. The summed E-state index contributed by atoms with van der Waals surface area (Å²) >= 11 is 0. The van der Waals surface area contributed by atoms with Gasteiger partial charge in [-0.2, -0.15) is 5.26 Å². The Bertz CT molecular complexity index is 384. The van der Waals surface area contributed by atoms with Gasteiger partial charge in [0.25, 0.3) is 0 Å². The first kappa shape index (κ1) is 12.3. The Kier molecular flexibility index (Phi) is 4.62. The molecule has 0 bridgehead atoms. The molecule has 4 heteroatoms. The lowest BCUT2D eigenvalue weighted by atomic mass is 10.2. The van der Waals surface area contributed by atoms with Crippen LogP contribution < -0.4 is 11.1 Å². The van der Waals surface area contributed by atoms with Gasteiger partial charge in [0.1, 0.15) is 0 Å². The zero-order valence-electron chi connectivity index (χ0n) is 9.66. The zero-order valence-corrected chi connectivity index (χ0v) is 9.66. The number of ether oxygens (including phenoxy) is 1. The van der Waals surface area contributed by atoms with Gasteiger partial charge in [0.15, 0.2) is 0 Å². The largest absolute Gasteiger partial charge is 0.397 e. The normalized spacial score (nSPS) is 11.8. The predicted molar refractivity (Wildman–Crippen MR) is 65.1 cm³/mol. The van der Waals surface area contributed by atoms with E-state index >= 15 is 0 Å². The first-order chi connectivity index (χ1) is 7.67. The van der Waals surface area contributed by atoms with Crippen molar-refractivity contribution in [2.45, 2.75) is 20.0 Å². The quantitative estimate of drug-likeness (QED) is 0.743. The minimum Gasteiger partial charge on any atom is -0.397 e. The van der Waals surface area contributed by atoms with E-state index in [1.54, 1.807) is 12.1 Å². The fraction of sp³-hybridized carbons (Fsp3) is 0.417. The number of nitrogens with two attached hydrogens (primary N) is 1. The van der Waals surface area contributed by atoms with Gasteiger partial charge in [0.05, 0.1) is 29.1 Å². The number of anilines is 2. The van der Waals surface area contributed by atoms with Gasteiger partial charge in [0, 0.05) is 13.2 Å². The second kappa shape index (κ2) is 5.99. The minimum atomic E-state index is 0.139. The molecule has 0 spiro atoms. The van der Waals surface area contributed by atoms with Crippen LogP contribution in [0.4, 0.5) is 11.4 Å². The van der Waals surface area contributed by atoms with Crippen LogP contribution in [0.25, 0.3) is 0 Å². The van der Waals surface area contributed by atoms with Gasteiger partial charge in [-0.3, -0.25) is 0 Å². The molecule has 0 radical (unpaired) electrons. The van der Waals surface area contributed by atoms with E-state index in [9.17, 15) is 0 Å². The maximum atomic E-state index is 8.70. The summed E-state index contributed by atoms with van der Waals surface area (Å²) in [5.41, 5.74) is 7.80. The SMILES string of the molecule is CCOC(C)CNc1ccc(C#N)cc1N. The molecule has 4 nitrogen and oxygen atoms in total. The Morgan fingerprint density at radius 1 is 1.56 bits per heavy atom. The molecule has 0 aliphatic heterocycles. The van der Waals surface area contributed by atoms with Crippen LogP contribution >= 0.6 is 0 Å². The molecule has 16 heavy (non-hydrogen) atoms. The summed E-state index contributed by atoms with van der Waals surface area (Å²) in [4.78, 5) is 0. The lowest BCUT2D eigenvalue weighted by Crippen LogP contribution is -2.20. The topological polar surface area (TPSA) is 71.1 Å². The third kappa shape index (κ3) is 3.44. The van der Waals surface area contributed by atoms with Crippen molar-refractivity contribution in [2.24, 2.45) is 0 Å². The highest BCUT2D eigenvalue weighted by Gasteiger charge is 2.03. The fourth-order valence-corrected chi connectivity index (χ4v) is 1.39. The van der Waals surface area contributed by atoms with Crippen LogP contribution in [-0.4, -0.2) is 19.3 Å². The van der Waals surface area contributed by atoms with Crippen LogP contribution in [-0.2, 0) is 4.74 Å². The maximum absolute atomic E-state index is 8.70. The summed E-state index contributed by atoms with van der Waals surface area (Å²) in [7, 11) is 0. The summed E-state index contributed by atoms with van der Waals surface area (Å²) in [5.74, 6) is 0. The number of nitrogens with one attached hydrogen (secondary N) is 1. The second-order valence-electron chi connectivity index (χ2n) is 3.56. The Balaban J connectivity index is 2.58. The van der Waals surface area contributed by atoms with Crippen molar-refractivity contribution in [3.8, 4) is 6.07 Å². The van der Waals surface area contributed by atoms with Gasteiger partial charge in [-0.15, -0.1) is 0 Å². The predicted octanol–water partition coefficient (Wildman–Crippen LogP) is 1.98. The Morgan fingerprint density at radius 3 is 2.88 bits per heavy atom. The monoisotopic (exact) mass is 219 g/mol. The number of nitrogen functional groups attached to an aromatic ring is 1. The lowest BCUT2D eigenvalue weighted by Gasteiger charge is -2.14. The van der Waals surface area contributed by atoms with Crippen LogP contribution in [0, 0.1) is 11.3 Å². The van der Waals surface area contributed by atoms with E-state index in [0.717, 1.165) is 5.69 Å². The molecule has 1 rings (SSSR count). The van der Waals surface area contributed by atoms with E-state index in [1.807, 2.05) is 26.0 Å². The van der Waals surface area contributed by atoms with Gasteiger partial charge in [-0.1, -0.05) is 0 Å². The molecule has 0 fully saturated rings. The van der Waals surface area contributed by atoms with E-state index in [1.165, 1.54) is 0 Å².